The number of nitrogens with one attached hydrogen (secondary N) is 1. The molecule has 1 saturated carbocycles. The second-order valence-electron chi connectivity index (χ2n) is 5.72. The number of morpholine rings is 1. The van der Waals surface area contributed by atoms with Crippen LogP contribution in [0, 0.1) is 0 Å². The Morgan fingerprint density at radius 2 is 2.10 bits per heavy atom. The van der Waals surface area contributed by atoms with Crippen LogP contribution in [0.25, 0.3) is 0 Å². The summed E-state index contributed by atoms with van der Waals surface area (Å²) in [6.07, 6.45) is 3.16. The average Bonchev–Trinajstić information content (AvgIpc) is 2.44. The maximum atomic E-state index is 12.1. The Bertz CT molecular complexity index is 445. The highest BCUT2D eigenvalue weighted by Gasteiger charge is 2.29. The van der Waals surface area contributed by atoms with E-state index < -0.39 is 0 Å². The molecule has 3 rings (SSSR count). The van der Waals surface area contributed by atoms with E-state index in [1.54, 1.807) is 0 Å². The molecule has 0 spiro atoms. The molecule has 1 amide bonds. The summed E-state index contributed by atoms with van der Waals surface area (Å²) in [4.78, 5) is 14.4. The van der Waals surface area contributed by atoms with Gasteiger partial charge in [-0.15, -0.1) is 0 Å². The van der Waals surface area contributed by atoms with Crippen molar-refractivity contribution in [3.63, 3.8) is 0 Å². The molecule has 4 heteroatoms. The fraction of sp³-hybridized carbons (Fsp3) is 0.562. The fourth-order valence-corrected chi connectivity index (χ4v) is 2.69. The van der Waals surface area contributed by atoms with Gasteiger partial charge in [-0.05, 0) is 24.8 Å². The van der Waals surface area contributed by atoms with Crippen molar-refractivity contribution >= 4 is 5.91 Å². The topological polar surface area (TPSA) is 41.6 Å². The first-order valence-corrected chi connectivity index (χ1v) is 7.49. The van der Waals surface area contributed by atoms with Crippen molar-refractivity contribution < 1.29 is 9.53 Å². The Morgan fingerprint density at radius 3 is 2.80 bits per heavy atom. The number of carbonyl (C=O) groups excluding carboxylic acids is 1. The van der Waals surface area contributed by atoms with E-state index in [1.807, 2.05) is 6.07 Å². The third kappa shape index (κ3) is 3.38. The lowest BCUT2D eigenvalue weighted by Gasteiger charge is -2.34. The number of rotatable bonds is 4. The molecule has 1 N–H and O–H groups in total. The molecule has 0 radical (unpaired) electrons. The Kier molecular flexibility index (Phi) is 4.33. The van der Waals surface area contributed by atoms with Gasteiger partial charge in [-0.2, -0.15) is 0 Å². The Balaban J connectivity index is 1.51. The van der Waals surface area contributed by atoms with Gasteiger partial charge in [0.15, 0.2) is 0 Å². The number of hydrogen-bond acceptors (Lipinski definition) is 3. The maximum Gasteiger partial charge on any atom is 0.250 e. The maximum absolute atomic E-state index is 12.1. The summed E-state index contributed by atoms with van der Waals surface area (Å²) in [5.74, 6) is 0.0625. The zero-order valence-corrected chi connectivity index (χ0v) is 11.8. The van der Waals surface area contributed by atoms with Crippen LogP contribution in [-0.2, 0) is 16.1 Å². The number of hydrogen-bond donors (Lipinski definition) is 1. The van der Waals surface area contributed by atoms with Gasteiger partial charge in [0.25, 0.3) is 5.91 Å². The zero-order valence-electron chi connectivity index (χ0n) is 11.8. The van der Waals surface area contributed by atoms with Gasteiger partial charge < -0.3 is 10.1 Å². The van der Waals surface area contributed by atoms with Crippen molar-refractivity contribution in [1.29, 1.82) is 0 Å². The third-order valence-electron chi connectivity index (χ3n) is 4.14. The number of ether oxygens (including phenoxy) is 1. The van der Waals surface area contributed by atoms with Crippen LogP contribution in [0.2, 0.25) is 0 Å². The fourth-order valence-electron chi connectivity index (χ4n) is 2.69. The molecule has 4 nitrogen and oxygen atoms in total. The van der Waals surface area contributed by atoms with Gasteiger partial charge in [-0.3, -0.25) is 9.69 Å². The second kappa shape index (κ2) is 6.37. The molecule has 1 aliphatic heterocycles. The summed E-state index contributed by atoms with van der Waals surface area (Å²) < 4.78 is 5.62. The smallest absolute Gasteiger partial charge is 0.250 e. The average molecular weight is 274 g/mol. The summed E-state index contributed by atoms with van der Waals surface area (Å²) in [6.45, 7) is 3.10. The molecule has 108 valence electrons. The molecule has 2 aliphatic rings. The molecule has 1 heterocycles. The molecule has 1 unspecified atom stereocenters. The lowest BCUT2D eigenvalue weighted by atomic mass is 9.93. The summed E-state index contributed by atoms with van der Waals surface area (Å²) in [5, 5.41) is 3.08. The van der Waals surface area contributed by atoms with Crippen LogP contribution in [0.5, 0.6) is 0 Å². The second-order valence-corrected chi connectivity index (χ2v) is 5.72. The van der Waals surface area contributed by atoms with Gasteiger partial charge in [-0.1, -0.05) is 30.3 Å². The number of carbonyl (C=O) groups is 1. The van der Waals surface area contributed by atoms with E-state index in [9.17, 15) is 4.79 Å². The van der Waals surface area contributed by atoms with Crippen LogP contribution in [0.1, 0.15) is 24.8 Å². The standard InChI is InChI=1S/C16H22N2O2/c19-16(17-14-7-4-8-14)15-12-18(9-10-20-15)11-13-5-2-1-3-6-13/h1-3,5-6,14-15H,4,7-12H2,(H,17,19). The normalized spacial score (nSPS) is 24.1. The van der Waals surface area contributed by atoms with Crippen molar-refractivity contribution in [3.8, 4) is 0 Å². The van der Waals surface area contributed by atoms with Crippen molar-refractivity contribution in [3.05, 3.63) is 35.9 Å². The van der Waals surface area contributed by atoms with Gasteiger partial charge in [0.2, 0.25) is 0 Å². The van der Waals surface area contributed by atoms with E-state index in [1.165, 1.54) is 12.0 Å². The quantitative estimate of drug-likeness (QED) is 0.906. The lowest BCUT2D eigenvalue weighted by molar-refractivity contribution is -0.140. The van der Waals surface area contributed by atoms with Gasteiger partial charge in [0, 0.05) is 25.7 Å². The number of nitrogens with zero attached hydrogens (tertiary/aromatic N) is 1. The van der Waals surface area contributed by atoms with Crippen LogP contribution in [-0.4, -0.2) is 42.6 Å². The molecule has 1 atom stereocenters. The Labute approximate surface area is 120 Å². The highest BCUT2D eigenvalue weighted by Crippen LogP contribution is 2.19. The van der Waals surface area contributed by atoms with E-state index in [2.05, 4.69) is 34.5 Å². The predicted molar refractivity (Wildman–Crippen MR) is 77.2 cm³/mol. The van der Waals surface area contributed by atoms with E-state index in [4.69, 9.17) is 4.74 Å². The Hall–Kier alpha value is -1.39. The summed E-state index contributed by atoms with van der Waals surface area (Å²) in [5.41, 5.74) is 1.28. The first-order valence-electron chi connectivity index (χ1n) is 7.49. The van der Waals surface area contributed by atoms with Gasteiger partial charge in [-0.25, -0.2) is 0 Å². The Morgan fingerprint density at radius 1 is 1.30 bits per heavy atom. The molecule has 20 heavy (non-hydrogen) atoms. The van der Waals surface area contributed by atoms with E-state index in [0.717, 1.165) is 25.9 Å². The summed E-state index contributed by atoms with van der Waals surface area (Å²) in [6, 6.07) is 10.8. The van der Waals surface area contributed by atoms with E-state index in [-0.39, 0.29) is 12.0 Å². The highest BCUT2D eigenvalue weighted by atomic mass is 16.5. The molecule has 0 bridgehead atoms. The number of benzene rings is 1. The van der Waals surface area contributed by atoms with Crippen LogP contribution in [0.3, 0.4) is 0 Å². The molecular formula is C16H22N2O2. The largest absolute Gasteiger partial charge is 0.366 e. The molecule has 2 fully saturated rings. The van der Waals surface area contributed by atoms with Gasteiger partial charge in [0.05, 0.1) is 6.61 Å². The van der Waals surface area contributed by atoms with Crippen molar-refractivity contribution in [2.24, 2.45) is 0 Å². The molecule has 0 aromatic heterocycles. The van der Waals surface area contributed by atoms with Crippen LogP contribution in [0.4, 0.5) is 0 Å². The van der Waals surface area contributed by atoms with Crippen LogP contribution < -0.4 is 5.32 Å². The van der Waals surface area contributed by atoms with Gasteiger partial charge >= 0.3 is 0 Å². The first kappa shape index (κ1) is 13.6. The minimum absolute atomic E-state index is 0.0625. The van der Waals surface area contributed by atoms with Crippen molar-refractivity contribution in [1.82, 2.24) is 10.2 Å². The van der Waals surface area contributed by atoms with E-state index in [0.29, 0.717) is 19.2 Å². The monoisotopic (exact) mass is 274 g/mol. The van der Waals surface area contributed by atoms with Crippen LogP contribution in [0.15, 0.2) is 30.3 Å². The van der Waals surface area contributed by atoms with Gasteiger partial charge in [0.1, 0.15) is 6.10 Å². The number of amides is 1. The molecule has 1 aromatic carbocycles. The molecule has 1 saturated heterocycles. The third-order valence-corrected chi connectivity index (χ3v) is 4.14. The summed E-state index contributed by atoms with van der Waals surface area (Å²) >= 11 is 0. The molecule has 1 aromatic rings. The van der Waals surface area contributed by atoms with E-state index >= 15 is 0 Å². The van der Waals surface area contributed by atoms with Crippen LogP contribution >= 0.6 is 0 Å². The van der Waals surface area contributed by atoms with Crippen molar-refractivity contribution in [2.45, 2.75) is 38.0 Å². The first-order chi connectivity index (χ1) is 9.81. The zero-order chi connectivity index (χ0) is 13.8. The van der Waals surface area contributed by atoms with Crippen molar-refractivity contribution in [2.75, 3.05) is 19.7 Å². The minimum atomic E-state index is -0.312. The predicted octanol–water partition coefficient (Wildman–Crippen LogP) is 1.56. The highest BCUT2D eigenvalue weighted by molar-refractivity contribution is 5.81. The molecule has 1 aliphatic carbocycles. The minimum Gasteiger partial charge on any atom is -0.366 e. The SMILES string of the molecule is O=C(NC1CCC1)C1CN(Cc2ccccc2)CCO1. The lowest BCUT2D eigenvalue weighted by Crippen LogP contribution is -2.52. The summed E-state index contributed by atoms with van der Waals surface area (Å²) in [7, 11) is 0. The molecular weight excluding hydrogens is 252 g/mol.